The molecule has 0 spiro atoms. The van der Waals surface area contributed by atoms with E-state index in [1.165, 1.54) is 0 Å². The molecule has 82 valence electrons. The molecule has 15 heavy (non-hydrogen) atoms. The van der Waals surface area contributed by atoms with E-state index in [0.717, 1.165) is 18.9 Å². The minimum absolute atomic E-state index is 0.0561. The first-order valence-electron chi connectivity index (χ1n) is 4.98. The van der Waals surface area contributed by atoms with Crippen LogP contribution in [-0.2, 0) is 0 Å². The molecular weight excluding hydrogens is 203 g/mol. The van der Waals surface area contributed by atoms with Crippen molar-refractivity contribution in [3.8, 4) is 0 Å². The second-order valence-corrected chi connectivity index (χ2v) is 4.08. The fourth-order valence-corrected chi connectivity index (χ4v) is 1.69. The number of nitrogens with two attached hydrogens (primary N) is 1. The van der Waals surface area contributed by atoms with Crippen LogP contribution in [0.3, 0.4) is 0 Å². The van der Waals surface area contributed by atoms with Crippen LogP contribution in [0.2, 0.25) is 0 Å². The largest absolute Gasteiger partial charge is 0.324 e. The summed E-state index contributed by atoms with van der Waals surface area (Å²) in [6, 6.07) is 0.899. The molecule has 0 aliphatic heterocycles. The molecule has 1 aliphatic carbocycles. The Hall–Kier alpha value is -1.03. The van der Waals surface area contributed by atoms with Gasteiger partial charge < -0.3 is 5.73 Å². The Bertz CT molecular complexity index is 374. The van der Waals surface area contributed by atoms with E-state index in [0.29, 0.717) is 18.4 Å². The van der Waals surface area contributed by atoms with Gasteiger partial charge >= 0.3 is 0 Å². The van der Waals surface area contributed by atoms with Gasteiger partial charge in [-0.05, 0) is 18.4 Å². The Labute approximate surface area is 86.1 Å². The van der Waals surface area contributed by atoms with Crippen molar-refractivity contribution in [2.45, 2.75) is 25.3 Å². The molecule has 1 fully saturated rings. The molecule has 2 rings (SSSR count). The third-order valence-corrected chi connectivity index (χ3v) is 2.70. The zero-order valence-corrected chi connectivity index (χ0v) is 8.14. The van der Waals surface area contributed by atoms with Crippen molar-refractivity contribution >= 4 is 0 Å². The molecule has 2 N–H and O–H groups in total. The van der Waals surface area contributed by atoms with Crippen LogP contribution in [0.1, 0.15) is 30.9 Å². The molecule has 0 aromatic heterocycles. The Morgan fingerprint density at radius 2 is 1.93 bits per heavy atom. The first-order valence-corrected chi connectivity index (χ1v) is 4.98. The molecule has 1 atom stereocenters. The summed E-state index contributed by atoms with van der Waals surface area (Å²) in [5.74, 6) is -2.48. The Morgan fingerprint density at radius 3 is 2.53 bits per heavy atom. The predicted molar refractivity (Wildman–Crippen MR) is 50.6 cm³/mol. The minimum atomic E-state index is -1.17. The maximum atomic E-state index is 13.3. The fraction of sp³-hybridized carbons (Fsp3) is 0.455. The van der Waals surface area contributed by atoms with E-state index in [2.05, 4.69) is 0 Å². The van der Waals surface area contributed by atoms with Crippen LogP contribution < -0.4 is 5.73 Å². The number of hydrogen-bond donors (Lipinski definition) is 1. The first-order chi connectivity index (χ1) is 7.08. The highest BCUT2D eigenvalue weighted by Crippen LogP contribution is 2.37. The zero-order chi connectivity index (χ0) is 11.0. The normalized spacial score (nSPS) is 17.9. The maximum Gasteiger partial charge on any atom is 0.163 e. The number of hydrogen-bond acceptors (Lipinski definition) is 1. The van der Waals surface area contributed by atoms with Crippen molar-refractivity contribution in [2.24, 2.45) is 11.7 Å². The minimum Gasteiger partial charge on any atom is -0.324 e. The van der Waals surface area contributed by atoms with Gasteiger partial charge in [0.05, 0.1) is 0 Å². The van der Waals surface area contributed by atoms with Gasteiger partial charge in [0.2, 0.25) is 0 Å². The van der Waals surface area contributed by atoms with Crippen LogP contribution >= 0.6 is 0 Å². The fourth-order valence-electron chi connectivity index (χ4n) is 1.69. The average Bonchev–Trinajstić information content (AvgIpc) is 2.94. The molecule has 1 aliphatic rings. The van der Waals surface area contributed by atoms with Crippen molar-refractivity contribution in [1.82, 2.24) is 0 Å². The van der Waals surface area contributed by atoms with Gasteiger partial charge in [-0.3, -0.25) is 0 Å². The topological polar surface area (TPSA) is 26.0 Å². The van der Waals surface area contributed by atoms with Crippen LogP contribution in [0.4, 0.5) is 13.2 Å². The summed E-state index contributed by atoms with van der Waals surface area (Å²) in [4.78, 5) is 0. The van der Waals surface area contributed by atoms with Gasteiger partial charge in [-0.15, -0.1) is 0 Å². The molecular formula is C11H12F3N. The molecule has 0 unspecified atom stereocenters. The number of benzene rings is 1. The lowest BCUT2D eigenvalue weighted by Crippen LogP contribution is -2.14. The summed E-state index contributed by atoms with van der Waals surface area (Å²) in [6.45, 7) is 0. The van der Waals surface area contributed by atoms with E-state index >= 15 is 0 Å². The highest BCUT2D eigenvalue weighted by Gasteiger charge is 2.26. The van der Waals surface area contributed by atoms with Crippen LogP contribution in [-0.4, -0.2) is 0 Å². The second-order valence-electron chi connectivity index (χ2n) is 4.08. The van der Waals surface area contributed by atoms with Gasteiger partial charge in [-0.2, -0.15) is 0 Å². The van der Waals surface area contributed by atoms with Crippen LogP contribution in [0.15, 0.2) is 12.1 Å². The van der Waals surface area contributed by atoms with E-state index in [4.69, 9.17) is 5.73 Å². The Kier molecular flexibility index (Phi) is 2.69. The first kappa shape index (κ1) is 10.5. The highest BCUT2D eigenvalue weighted by molar-refractivity contribution is 5.23. The predicted octanol–water partition coefficient (Wildman–Crippen LogP) is 2.90. The van der Waals surface area contributed by atoms with E-state index in [1.807, 2.05) is 0 Å². The summed E-state index contributed by atoms with van der Waals surface area (Å²) < 4.78 is 39.0. The second kappa shape index (κ2) is 3.85. The number of rotatable bonds is 3. The molecule has 0 amide bonds. The van der Waals surface area contributed by atoms with Crippen molar-refractivity contribution in [1.29, 1.82) is 0 Å². The Morgan fingerprint density at radius 1 is 1.27 bits per heavy atom. The molecule has 0 bridgehead atoms. The number of halogens is 3. The monoisotopic (exact) mass is 215 g/mol. The van der Waals surface area contributed by atoms with Crippen molar-refractivity contribution in [3.05, 3.63) is 35.1 Å². The van der Waals surface area contributed by atoms with Crippen LogP contribution in [0.25, 0.3) is 0 Å². The lowest BCUT2D eigenvalue weighted by Gasteiger charge is -2.12. The Balaban J connectivity index is 2.24. The molecule has 1 aromatic carbocycles. The van der Waals surface area contributed by atoms with Crippen molar-refractivity contribution in [3.63, 3.8) is 0 Å². The van der Waals surface area contributed by atoms with Gasteiger partial charge in [-0.1, -0.05) is 12.8 Å². The lowest BCUT2D eigenvalue weighted by molar-refractivity contribution is 0.465. The third kappa shape index (κ3) is 2.31. The molecule has 0 saturated heterocycles. The SMILES string of the molecule is N[C@@H](CC1CC1)c1cc(F)cc(F)c1F. The van der Waals surface area contributed by atoms with E-state index in [-0.39, 0.29) is 5.56 Å². The van der Waals surface area contributed by atoms with Gasteiger partial charge in [-0.25, -0.2) is 13.2 Å². The summed E-state index contributed by atoms with van der Waals surface area (Å²) in [5, 5.41) is 0. The molecule has 1 nitrogen and oxygen atoms in total. The molecule has 0 heterocycles. The third-order valence-electron chi connectivity index (χ3n) is 2.70. The van der Waals surface area contributed by atoms with Gasteiger partial charge in [0, 0.05) is 17.7 Å². The van der Waals surface area contributed by atoms with Crippen LogP contribution in [0, 0.1) is 23.4 Å². The standard InChI is InChI=1S/C11H12F3N/c12-7-4-8(11(14)9(13)5-7)10(15)3-6-1-2-6/h4-6,10H,1-3,15H2/t10-/m0/s1. The summed E-state index contributed by atoms with van der Waals surface area (Å²) >= 11 is 0. The molecule has 4 heteroatoms. The maximum absolute atomic E-state index is 13.3. The summed E-state index contributed by atoms with van der Waals surface area (Å²) in [7, 11) is 0. The molecule has 1 saturated carbocycles. The van der Waals surface area contributed by atoms with E-state index in [1.54, 1.807) is 0 Å². The molecule has 1 aromatic rings. The lowest BCUT2D eigenvalue weighted by atomic mass is 10.0. The zero-order valence-electron chi connectivity index (χ0n) is 8.14. The summed E-state index contributed by atoms with van der Waals surface area (Å²) in [5.41, 5.74) is 5.65. The quantitative estimate of drug-likeness (QED) is 0.771. The van der Waals surface area contributed by atoms with Gasteiger partial charge in [0.1, 0.15) is 5.82 Å². The van der Waals surface area contributed by atoms with E-state index < -0.39 is 23.5 Å². The average molecular weight is 215 g/mol. The van der Waals surface area contributed by atoms with Gasteiger partial charge in [0.25, 0.3) is 0 Å². The highest BCUT2D eigenvalue weighted by atomic mass is 19.2. The molecule has 0 radical (unpaired) electrons. The smallest absolute Gasteiger partial charge is 0.163 e. The van der Waals surface area contributed by atoms with Crippen LogP contribution in [0.5, 0.6) is 0 Å². The van der Waals surface area contributed by atoms with Crippen molar-refractivity contribution < 1.29 is 13.2 Å². The van der Waals surface area contributed by atoms with Gasteiger partial charge in [0.15, 0.2) is 11.6 Å². The summed E-state index contributed by atoms with van der Waals surface area (Å²) in [6.07, 6.45) is 2.75. The van der Waals surface area contributed by atoms with E-state index in [9.17, 15) is 13.2 Å². The van der Waals surface area contributed by atoms with Crippen molar-refractivity contribution in [2.75, 3.05) is 0 Å².